The first-order valence-corrected chi connectivity index (χ1v) is 13.5. The van der Waals surface area contributed by atoms with Crippen molar-refractivity contribution < 1.29 is 4.79 Å². The second kappa shape index (κ2) is 9.33. The van der Waals surface area contributed by atoms with E-state index in [0.29, 0.717) is 31.0 Å². The molecule has 34 heavy (non-hydrogen) atoms. The van der Waals surface area contributed by atoms with E-state index in [1.54, 1.807) is 0 Å². The third-order valence-corrected chi connectivity index (χ3v) is 8.74. The van der Waals surface area contributed by atoms with Gasteiger partial charge in [-0.25, -0.2) is 4.98 Å². The highest BCUT2D eigenvalue weighted by molar-refractivity contribution is 5.83. The van der Waals surface area contributed by atoms with Gasteiger partial charge in [0, 0.05) is 37.3 Å². The van der Waals surface area contributed by atoms with Gasteiger partial charge in [-0.05, 0) is 50.7 Å². The van der Waals surface area contributed by atoms with Crippen molar-refractivity contribution in [3.8, 4) is 0 Å². The highest BCUT2D eigenvalue weighted by Gasteiger charge is 2.44. The van der Waals surface area contributed by atoms with Gasteiger partial charge in [-0.1, -0.05) is 44.2 Å². The van der Waals surface area contributed by atoms with Gasteiger partial charge in [0.05, 0.1) is 17.6 Å². The van der Waals surface area contributed by atoms with Gasteiger partial charge < -0.3 is 14.8 Å². The lowest BCUT2D eigenvalue weighted by Gasteiger charge is -2.45. The molecule has 2 aromatic rings. The Labute approximate surface area is 201 Å². The molecule has 3 saturated heterocycles. The molecule has 0 radical (unpaired) electrons. The zero-order valence-electron chi connectivity index (χ0n) is 20.1. The summed E-state index contributed by atoms with van der Waals surface area (Å²) >= 11 is 0. The van der Waals surface area contributed by atoms with Crippen LogP contribution in [0.2, 0.25) is 0 Å². The summed E-state index contributed by atoms with van der Waals surface area (Å²) in [6.45, 7) is 1.38. The van der Waals surface area contributed by atoms with Crippen LogP contribution in [0.5, 0.6) is 0 Å². The SMILES string of the molecule is O=C1CN(c2nc3ccccc3n(C3C[C@H]4CC[C@@H](C3)N4C3CCCCCCC3)c2=O)CCN1. The Bertz CT molecular complexity index is 1090. The first-order chi connectivity index (χ1) is 16.7. The number of piperidine rings is 1. The molecular formula is C27H37N5O2. The molecule has 3 aliphatic heterocycles. The predicted molar refractivity (Wildman–Crippen MR) is 134 cm³/mol. The van der Waals surface area contributed by atoms with E-state index in [4.69, 9.17) is 4.98 Å². The van der Waals surface area contributed by atoms with E-state index in [1.807, 2.05) is 33.7 Å². The van der Waals surface area contributed by atoms with Crippen LogP contribution >= 0.6 is 0 Å². The zero-order chi connectivity index (χ0) is 23.1. The maximum Gasteiger partial charge on any atom is 0.294 e. The predicted octanol–water partition coefficient (Wildman–Crippen LogP) is 3.61. The Morgan fingerprint density at radius 3 is 2.26 bits per heavy atom. The molecule has 1 N–H and O–H groups in total. The number of para-hydroxylation sites is 2. The topological polar surface area (TPSA) is 70.5 Å². The number of carbonyl (C=O) groups excluding carboxylic acids is 1. The number of benzene rings is 1. The Kier molecular flexibility index (Phi) is 6.06. The van der Waals surface area contributed by atoms with E-state index in [-0.39, 0.29) is 24.1 Å². The van der Waals surface area contributed by atoms with Crippen molar-refractivity contribution in [1.82, 2.24) is 19.8 Å². The maximum absolute atomic E-state index is 13.9. The average Bonchev–Trinajstić information content (AvgIpc) is 3.07. The van der Waals surface area contributed by atoms with Crippen LogP contribution in [0.15, 0.2) is 29.1 Å². The van der Waals surface area contributed by atoms with Crippen molar-refractivity contribution >= 4 is 22.8 Å². The van der Waals surface area contributed by atoms with Crippen molar-refractivity contribution in [2.24, 2.45) is 0 Å². The van der Waals surface area contributed by atoms with Crippen molar-refractivity contribution in [3.63, 3.8) is 0 Å². The summed E-state index contributed by atoms with van der Waals surface area (Å²) in [5.74, 6) is 0.390. The van der Waals surface area contributed by atoms with Crippen LogP contribution in [-0.4, -0.2) is 58.1 Å². The van der Waals surface area contributed by atoms with Crippen LogP contribution in [0.1, 0.15) is 76.7 Å². The summed E-state index contributed by atoms with van der Waals surface area (Å²) in [6.07, 6.45) is 14.2. The van der Waals surface area contributed by atoms with Gasteiger partial charge in [0.1, 0.15) is 0 Å². The van der Waals surface area contributed by atoms with Crippen LogP contribution in [0.25, 0.3) is 11.0 Å². The first-order valence-electron chi connectivity index (χ1n) is 13.5. The molecule has 4 aliphatic rings. The van der Waals surface area contributed by atoms with E-state index < -0.39 is 0 Å². The van der Waals surface area contributed by atoms with E-state index in [0.717, 1.165) is 29.9 Å². The average molecular weight is 464 g/mol. The van der Waals surface area contributed by atoms with Crippen LogP contribution < -0.4 is 15.8 Å². The summed E-state index contributed by atoms with van der Waals surface area (Å²) in [7, 11) is 0. The van der Waals surface area contributed by atoms with E-state index >= 15 is 0 Å². The molecular weight excluding hydrogens is 426 g/mol. The number of rotatable bonds is 3. The third-order valence-electron chi connectivity index (χ3n) is 8.74. The van der Waals surface area contributed by atoms with Gasteiger partial charge in [0.25, 0.3) is 5.56 Å². The highest BCUT2D eigenvalue weighted by atomic mass is 16.2. The molecule has 4 fully saturated rings. The lowest BCUT2D eigenvalue weighted by atomic mass is 9.89. The molecule has 1 aliphatic carbocycles. The molecule has 6 rings (SSSR count). The van der Waals surface area contributed by atoms with Gasteiger partial charge in [-0.15, -0.1) is 0 Å². The summed E-state index contributed by atoms with van der Waals surface area (Å²) in [4.78, 5) is 35.4. The Morgan fingerprint density at radius 1 is 0.824 bits per heavy atom. The van der Waals surface area contributed by atoms with E-state index in [9.17, 15) is 9.59 Å². The number of carbonyl (C=O) groups is 1. The fraction of sp³-hybridized carbons (Fsp3) is 0.667. The van der Waals surface area contributed by atoms with Crippen LogP contribution in [0.3, 0.4) is 0 Å². The smallest absolute Gasteiger partial charge is 0.294 e. The lowest BCUT2D eigenvalue weighted by molar-refractivity contribution is -0.120. The Hall–Kier alpha value is -2.41. The molecule has 1 unspecified atom stereocenters. The van der Waals surface area contributed by atoms with Crippen LogP contribution in [0, 0.1) is 0 Å². The molecule has 1 aromatic heterocycles. The molecule has 2 bridgehead atoms. The zero-order valence-corrected chi connectivity index (χ0v) is 20.1. The minimum absolute atomic E-state index is 0.0304. The number of hydrogen-bond donors (Lipinski definition) is 1. The van der Waals surface area contributed by atoms with E-state index in [2.05, 4.69) is 10.2 Å². The minimum atomic E-state index is -0.0438. The number of anilines is 1. The molecule has 1 aromatic carbocycles. The summed E-state index contributed by atoms with van der Waals surface area (Å²) in [6, 6.07) is 10.1. The van der Waals surface area contributed by atoms with Crippen molar-refractivity contribution in [3.05, 3.63) is 34.6 Å². The highest BCUT2D eigenvalue weighted by Crippen LogP contribution is 2.44. The molecule has 1 amide bonds. The second-order valence-corrected chi connectivity index (χ2v) is 10.8. The standard InChI is InChI=1S/C27H37N5O2/c33-25-18-30(15-14-28-25)26-27(34)32(24-11-7-6-10-23(24)29-26)22-16-20-12-13-21(17-22)31(20)19-8-4-2-1-3-5-9-19/h6-7,10-11,19-22H,1-5,8-9,12-18H2,(H,28,33)/t20-,21+,22?. The van der Waals surface area contributed by atoms with Gasteiger partial charge in [0.15, 0.2) is 5.82 Å². The van der Waals surface area contributed by atoms with Gasteiger partial charge in [-0.3, -0.25) is 14.5 Å². The van der Waals surface area contributed by atoms with Crippen LogP contribution in [-0.2, 0) is 4.79 Å². The van der Waals surface area contributed by atoms with Crippen molar-refractivity contribution in [2.45, 2.75) is 94.8 Å². The number of hydrogen-bond acceptors (Lipinski definition) is 5. The monoisotopic (exact) mass is 463 g/mol. The van der Waals surface area contributed by atoms with E-state index in [1.165, 1.54) is 57.8 Å². The van der Waals surface area contributed by atoms with Crippen LogP contribution in [0.4, 0.5) is 5.82 Å². The summed E-state index contributed by atoms with van der Waals surface area (Å²) in [5, 5.41) is 2.86. The number of nitrogens with one attached hydrogen (secondary N) is 1. The molecule has 0 spiro atoms. The molecule has 7 heteroatoms. The molecule has 3 atom stereocenters. The number of nitrogens with zero attached hydrogens (tertiary/aromatic N) is 4. The minimum Gasteiger partial charge on any atom is -0.353 e. The maximum atomic E-state index is 13.9. The Balaban J connectivity index is 1.33. The number of piperazine rings is 1. The van der Waals surface area contributed by atoms with Gasteiger partial charge in [-0.2, -0.15) is 0 Å². The lowest BCUT2D eigenvalue weighted by Crippen LogP contribution is -2.52. The number of fused-ring (bicyclic) bond motifs is 3. The Morgan fingerprint density at radius 2 is 1.53 bits per heavy atom. The normalized spacial score (nSPS) is 29.1. The van der Waals surface area contributed by atoms with Crippen molar-refractivity contribution in [2.75, 3.05) is 24.5 Å². The number of amides is 1. The first kappa shape index (κ1) is 22.1. The number of aromatic nitrogens is 2. The van der Waals surface area contributed by atoms with Gasteiger partial charge >= 0.3 is 0 Å². The fourth-order valence-corrected chi connectivity index (χ4v) is 7.25. The second-order valence-electron chi connectivity index (χ2n) is 10.8. The molecule has 4 heterocycles. The van der Waals surface area contributed by atoms with Gasteiger partial charge in [0.2, 0.25) is 5.91 Å². The molecule has 7 nitrogen and oxygen atoms in total. The molecule has 182 valence electrons. The third kappa shape index (κ3) is 4.02. The fourth-order valence-electron chi connectivity index (χ4n) is 7.25. The summed E-state index contributed by atoms with van der Waals surface area (Å²) in [5.41, 5.74) is 1.75. The largest absolute Gasteiger partial charge is 0.353 e. The quantitative estimate of drug-likeness (QED) is 0.753. The van der Waals surface area contributed by atoms with Crippen molar-refractivity contribution in [1.29, 1.82) is 0 Å². The summed E-state index contributed by atoms with van der Waals surface area (Å²) < 4.78 is 2.05. The molecule has 1 saturated carbocycles.